The summed E-state index contributed by atoms with van der Waals surface area (Å²) in [6.07, 6.45) is -0.725. The standard InChI is InChI=1S/C26H36FN3O3/c1-18(2)22-9-7-8-19(3)26(22)28-25(32)16-29-12-13-30(20(4)14-29)15-21(31)17-33-24-11-6-5-10-23(24)27/h5-11,18,20-21,31H,12-17H2,1-4H3,(H,28,32). The molecule has 0 spiro atoms. The lowest BCUT2D eigenvalue weighted by Gasteiger charge is -2.40. The van der Waals surface area contributed by atoms with E-state index in [9.17, 15) is 14.3 Å². The molecule has 3 rings (SSSR count). The highest BCUT2D eigenvalue weighted by molar-refractivity contribution is 5.94. The maximum absolute atomic E-state index is 13.7. The summed E-state index contributed by atoms with van der Waals surface area (Å²) in [5.41, 5.74) is 3.13. The Morgan fingerprint density at radius 3 is 2.67 bits per heavy atom. The number of para-hydroxylation sites is 2. The third kappa shape index (κ3) is 7.00. The Morgan fingerprint density at radius 2 is 1.97 bits per heavy atom. The maximum Gasteiger partial charge on any atom is 0.238 e. The molecule has 2 atom stereocenters. The van der Waals surface area contributed by atoms with E-state index < -0.39 is 11.9 Å². The summed E-state index contributed by atoms with van der Waals surface area (Å²) < 4.78 is 19.1. The summed E-state index contributed by atoms with van der Waals surface area (Å²) >= 11 is 0. The molecule has 7 heteroatoms. The van der Waals surface area contributed by atoms with Gasteiger partial charge in [-0.2, -0.15) is 0 Å². The number of carbonyl (C=O) groups excluding carboxylic acids is 1. The van der Waals surface area contributed by atoms with E-state index in [1.54, 1.807) is 18.2 Å². The summed E-state index contributed by atoms with van der Waals surface area (Å²) in [6.45, 7) is 11.4. The molecule has 0 radical (unpaired) electrons. The van der Waals surface area contributed by atoms with E-state index in [2.05, 4.69) is 42.0 Å². The molecule has 0 aliphatic carbocycles. The molecule has 33 heavy (non-hydrogen) atoms. The summed E-state index contributed by atoms with van der Waals surface area (Å²) in [4.78, 5) is 17.1. The third-order valence-electron chi connectivity index (χ3n) is 6.12. The van der Waals surface area contributed by atoms with Crippen LogP contribution in [0.2, 0.25) is 0 Å². The van der Waals surface area contributed by atoms with E-state index in [0.717, 1.165) is 36.4 Å². The van der Waals surface area contributed by atoms with Gasteiger partial charge in [0.2, 0.25) is 5.91 Å². The molecule has 1 saturated heterocycles. The quantitative estimate of drug-likeness (QED) is 0.602. The SMILES string of the molecule is Cc1cccc(C(C)C)c1NC(=O)CN1CCN(CC(O)COc2ccccc2F)C(C)C1. The second kappa shape index (κ2) is 11.6. The van der Waals surface area contributed by atoms with E-state index >= 15 is 0 Å². The second-order valence-electron chi connectivity index (χ2n) is 9.22. The molecule has 1 aliphatic heterocycles. The number of hydrogen-bond donors (Lipinski definition) is 2. The van der Waals surface area contributed by atoms with Crippen LogP contribution in [-0.4, -0.2) is 72.3 Å². The minimum Gasteiger partial charge on any atom is -0.488 e. The van der Waals surface area contributed by atoms with Crippen LogP contribution in [0.25, 0.3) is 0 Å². The molecular formula is C26H36FN3O3. The minimum atomic E-state index is -0.725. The lowest BCUT2D eigenvalue weighted by molar-refractivity contribution is -0.118. The Balaban J connectivity index is 1.46. The van der Waals surface area contributed by atoms with Crippen LogP contribution in [0.4, 0.5) is 10.1 Å². The van der Waals surface area contributed by atoms with Crippen molar-refractivity contribution < 1.29 is 19.0 Å². The lowest BCUT2D eigenvalue weighted by atomic mass is 9.98. The van der Waals surface area contributed by atoms with Crippen molar-refractivity contribution >= 4 is 11.6 Å². The van der Waals surface area contributed by atoms with Crippen molar-refractivity contribution in [1.29, 1.82) is 0 Å². The van der Waals surface area contributed by atoms with E-state index in [-0.39, 0.29) is 24.3 Å². The van der Waals surface area contributed by atoms with Crippen LogP contribution in [0.1, 0.15) is 37.8 Å². The molecule has 1 fully saturated rings. The zero-order chi connectivity index (χ0) is 24.0. The van der Waals surface area contributed by atoms with Crippen LogP contribution < -0.4 is 10.1 Å². The van der Waals surface area contributed by atoms with Crippen molar-refractivity contribution in [2.24, 2.45) is 0 Å². The Bertz CT molecular complexity index is 937. The van der Waals surface area contributed by atoms with Crippen LogP contribution in [0.3, 0.4) is 0 Å². The topological polar surface area (TPSA) is 65.0 Å². The molecule has 6 nitrogen and oxygen atoms in total. The van der Waals surface area contributed by atoms with Crippen molar-refractivity contribution in [2.45, 2.75) is 45.8 Å². The van der Waals surface area contributed by atoms with Gasteiger partial charge in [-0.25, -0.2) is 4.39 Å². The maximum atomic E-state index is 13.7. The molecule has 1 aliphatic rings. The number of carbonyl (C=O) groups is 1. The van der Waals surface area contributed by atoms with Crippen LogP contribution in [0.5, 0.6) is 5.75 Å². The molecule has 2 unspecified atom stereocenters. The van der Waals surface area contributed by atoms with Crippen LogP contribution in [-0.2, 0) is 4.79 Å². The number of benzene rings is 2. The molecule has 2 aromatic carbocycles. The van der Waals surface area contributed by atoms with Gasteiger partial charge in [0.25, 0.3) is 0 Å². The first kappa shape index (κ1) is 25.1. The van der Waals surface area contributed by atoms with Crippen molar-refractivity contribution in [2.75, 3.05) is 44.6 Å². The molecule has 180 valence electrons. The average molecular weight is 458 g/mol. The number of rotatable bonds is 9. The van der Waals surface area contributed by atoms with Crippen LogP contribution in [0, 0.1) is 12.7 Å². The summed E-state index contributed by atoms with van der Waals surface area (Å²) in [6, 6.07) is 12.5. The molecule has 0 bridgehead atoms. The molecule has 0 aromatic heterocycles. The Labute approximate surface area is 196 Å². The number of β-amino-alcohol motifs (C(OH)–C–C–N with tert-alkyl or cyclic N) is 1. The van der Waals surface area contributed by atoms with Crippen LogP contribution >= 0.6 is 0 Å². The Hall–Kier alpha value is -2.48. The first-order valence-electron chi connectivity index (χ1n) is 11.7. The van der Waals surface area contributed by atoms with Gasteiger partial charge in [-0.05, 0) is 43.0 Å². The largest absolute Gasteiger partial charge is 0.488 e. The first-order chi connectivity index (χ1) is 15.7. The van der Waals surface area contributed by atoms with Crippen molar-refractivity contribution in [3.63, 3.8) is 0 Å². The van der Waals surface area contributed by atoms with Gasteiger partial charge in [0, 0.05) is 37.9 Å². The number of aliphatic hydroxyl groups is 1. The highest BCUT2D eigenvalue weighted by Crippen LogP contribution is 2.27. The number of amides is 1. The highest BCUT2D eigenvalue weighted by Gasteiger charge is 2.27. The van der Waals surface area contributed by atoms with E-state index in [0.29, 0.717) is 19.0 Å². The first-order valence-corrected chi connectivity index (χ1v) is 11.7. The number of halogens is 1. The number of piperazine rings is 1. The number of aliphatic hydroxyl groups excluding tert-OH is 1. The number of nitrogens with zero attached hydrogens (tertiary/aromatic N) is 2. The smallest absolute Gasteiger partial charge is 0.238 e. The van der Waals surface area contributed by atoms with Gasteiger partial charge in [0.05, 0.1) is 6.54 Å². The van der Waals surface area contributed by atoms with Gasteiger partial charge >= 0.3 is 0 Å². The van der Waals surface area contributed by atoms with E-state index in [4.69, 9.17) is 4.74 Å². The monoisotopic (exact) mass is 457 g/mol. The summed E-state index contributed by atoms with van der Waals surface area (Å²) in [7, 11) is 0. The predicted molar refractivity (Wildman–Crippen MR) is 129 cm³/mol. The minimum absolute atomic E-state index is 0.00910. The zero-order valence-corrected chi connectivity index (χ0v) is 20.1. The van der Waals surface area contributed by atoms with Gasteiger partial charge in [-0.15, -0.1) is 0 Å². The number of anilines is 1. The predicted octanol–water partition coefficient (Wildman–Crippen LogP) is 3.64. The molecular weight excluding hydrogens is 421 g/mol. The van der Waals surface area contributed by atoms with E-state index in [1.807, 2.05) is 19.1 Å². The van der Waals surface area contributed by atoms with Gasteiger partial charge < -0.3 is 15.2 Å². The number of hydrogen-bond acceptors (Lipinski definition) is 5. The highest BCUT2D eigenvalue weighted by atomic mass is 19.1. The van der Waals surface area contributed by atoms with Crippen LogP contribution in [0.15, 0.2) is 42.5 Å². The number of aryl methyl sites for hydroxylation is 1. The molecule has 0 saturated carbocycles. The zero-order valence-electron chi connectivity index (χ0n) is 20.1. The van der Waals surface area contributed by atoms with Gasteiger partial charge in [-0.3, -0.25) is 14.6 Å². The molecule has 2 N–H and O–H groups in total. The Kier molecular flexibility index (Phi) is 8.83. The molecule has 1 amide bonds. The van der Waals surface area contributed by atoms with E-state index in [1.165, 1.54) is 6.07 Å². The van der Waals surface area contributed by atoms with Gasteiger partial charge in [-0.1, -0.05) is 44.2 Å². The van der Waals surface area contributed by atoms with Crippen molar-refractivity contribution in [3.05, 3.63) is 59.4 Å². The van der Waals surface area contributed by atoms with Gasteiger partial charge in [0.1, 0.15) is 12.7 Å². The molecule has 1 heterocycles. The average Bonchev–Trinajstić information content (AvgIpc) is 2.76. The summed E-state index contributed by atoms with van der Waals surface area (Å²) in [5, 5.41) is 13.5. The fraction of sp³-hybridized carbons (Fsp3) is 0.500. The molecule has 2 aromatic rings. The fourth-order valence-corrected chi connectivity index (χ4v) is 4.28. The fourth-order valence-electron chi connectivity index (χ4n) is 4.28. The lowest BCUT2D eigenvalue weighted by Crippen LogP contribution is -2.55. The number of nitrogens with one attached hydrogen (secondary N) is 1. The normalized spacial score (nSPS) is 18.3. The van der Waals surface area contributed by atoms with Crippen molar-refractivity contribution in [3.8, 4) is 5.75 Å². The Morgan fingerprint density at radius 1 is 1.21 bits per heavy atom. The number of ether oxygens (including phenoxy) is 1. The summed E-state index contributed by atoms with van der Waals surface area (Å²) in [5.74, 6) is 0.0357. The third-order valence-corrected chi connectivity index (χ3v) is 6.12. The van der Waals surface area contributed by atoms with Crippen molar-refractivity contribution in [1.82, 2.24) is 9.80 Å². The van der Waals surface area contributed by atoms with Gasteiger partial charge in [0.15, 0.2) is 11.6 Å². The second-order valence-corrected chi connectivity index (χ2v) is 9.22.